The zero-order valence-electron chi connectivity index (χ0n) is 10.3. The molecule has 1 aliphatic heterocycles. The van der Waals surface area contributed by atoms with Gasteiger partial charge in [0.05, 0.1) is 12.6 Å². The van der Waals surface area contributed by atoms with Crippen LogP contribution in [-0.2, 0) is 4.79 Å². The number of hydrogen-bond donors (Lipinski definition) is 2. The van der Waals surface area contributed by atoms with E-state index in [0.29, 0.717) is 18.8 Å². The molecule has 0 radical (unpaired) electrons. The molecule has 0 bridgehead atoms. The smallest absolute Gasteiger partial charge is 0.239 e. The Hall–Kier alpha value is -1.62. The zero-order valence-corrected chi connectivity index (χ0v) is 10.3. The second kappa shape index (κ2) is 5.35. The lowest BCUT2D eigenvalue weighted by atomic mass is 10.1. The summed E-state index contributed by atoms with van der Waals surface area (Å²) in [4.78, 5) is 13.3. The lowest BCUT2D eigenvalue weighted by molar-refractivity contribution is -0.119. The SMILES string of the molecule is C[C@H](O)c1c(F)cccc1N1CCCNC(=O)C1. The van der Waals surface area contributed by atoms with Crippen molar-refractivity contribution >= 4 is 11.6 Å². The number of hydrogen-bond acceptors (Lipinski definition) is 3. The molecular weight excluding hydrogens is 235 g/mol. The summed E-state index contributed by atoms with van der Waals surface area (Å²) < 4.78 is 13.8. The molecule has 1 amide bonds. The summed E-state index contributed by atoms with van der Waals surface area (Å²) in [5.74, 6) is -0.513. The Bertz CT molecular complexity index is 449. The van der Waals surface area contributed by atoms with Crippen LogP contribution in [-0.4, -0.2) is 30.6 Å². The van der Waals surface area contributed by atoms with E-state index in [0.717, 1.165) is 6.42 Å². The molecule has 1 fully saturated rings. The van der Waals surface area contributed by atoms with Crippen LogP contribution < -0.4 is 10.2 Å². The molecule has 1 heterocycles. The molecule has 0 spiro atoms. The van der Waals surface area contributed by atoms with Gasteiger partial charge in [0.25, 0.3) is 0 Å². The van der Waals surface area contributed by atoms with Gasteiger partial charge in [-0.1, -0.05) is 6.07 Å². The molecule has 98 valence electrons. The number of nitrogens with zero attached hydrogens (tertiary/aromatic N) is 1. The molecule has 1 aromatic rings. The number of aliphatic hydroxyl groups excluding tert-OH is 1. The van der Waals surface area contributed by atoms with Gasteiger partial charge in [0.15, 0.2) is 0 Å². The Kier molecular flexibility index (Phi) is 3.81. The molecule has 5 heteroatoms. The number of anilines is 1. The monoisotopic (exact) mass is 252 g/mol. The molecule has 0 aromatic heterocycles. The van der Waals surface area contributed by atoms with Gasteiger partial charge >= 0.3 is 0 Å². The lowest BCUT2D eigenvalue weighted by Crippen LogP contribution is -2.33. The van der Waals surface area contributed by atoms with Crippen LogP contribution in [0.25, 0.3) is 0 Å². The van der Waals surface area contributed by atoms with E-state index in [2.05, 4.69) is 5.32 Å². The van der Waals surface area contributed by atoms with Crippen molar-refractivity contribution in [3.05, 3.63) is 29.6 Å². The van der Waals surface area contributed by atoms with Gasteiger partial charge in [0.2, 0.25) is 5.91 Å². The van der Waals surface area contributed by atoms with E-state index in [9.17, 15) is 14.3 Å². The van der Waals surface area contributed by atoms with Crippen molar-refractivity contribution in [2.75, 3.05) is 24.5 Å². The van der Waals surface area contributed by atoms with Crippen LogP contribution in [0.1, 0.15) is 25.0 Å². The van der Waals surface area contributed by atoms with E-state index in [4.69, 9.17) is 0 Å². The van der Waals surface area contributed by atoms with Crippen LogP contribution in [0.15, 0.2) is 18.2 Å². The van der Waals surface area contributed by atoms with Gasteiger partial charge in [-0.3, -0.25) is 4.79 Å². The fourth-order valence-corrected chi connectivity index (χ4v) is 2.23. The third-order valence-corrected chi connectivity index (χ3v) is 3.05. The minimum Gasteiger partial charge on any atom is -0.389 e. The van der Waals surface area contributed by atoms with Crippen LogP contribution in [0.2, 0.25) is 0 Å². The molecule has 2 rings (SSSR count). The van der Waals surface area contributed by atoms with Gasteiger partial charge in [-0.25, -0.2) is 4.39 Å². The second-order valence-corrected chi connectivity index (χ2v) is 4.47. The average Bonchev–Trinajstić information content (AvgIpc) is 2.53. The molecule has 4 nitrogen and oxygen atoms in total. The highest BCUT2D eigenvalue weighted by Crippen LogP contribution is 2.29. The topological polar surface area (TPSA) is 52.6 Å². The first kappa shape index (κ1) is 12.8. The lowest BCUT2D eigenvalue weighted by Gasteiger charge is -2.25. The standard InChI is InChI=1S/C13H17FN2O2/c1-9(17)13-10(14)4-2-5-11(13)16-7-3-6-15-12(18)8-16/h2,4-5,9,17H,3,6-8H2,1H3,(H,15,18)/t9-/m0/s1. The Morgan fingerprint density at radius 2 is 2.28 bits per heavy atom. The largest absolute Gasteiger partial charge is 0.389 e. The molecule has 1 aliphatic rings. The first-order valence-corrected chi connectivity index (χ1v) is 6.07. The van der Waals surface area contributed by atoms with E-state index < -0.39 is 11.9 Å². The highest BCUT2D eigenvalue weighted by Gasteiger charge is 2.21. The molecule has 1 atom stereocenters. The number of aliphatic hydroxyl groups is 1. The number of benzene rings is 1. The molecule has 0 aliphatic carbocycles. The first-order valence-electron chi connectivity index (χ1n) is 6.07. The summed E-state index contributed by atoms with van der Waals surface area (Å²) in [5.41, 5.74) is 0.856. The van der Waals surface area contributed by atoms with Crippen LogP contribution in [0.5, 0.6) is 0 Å². The normalized spacial score (nSPS) is 18.2. The van der Waals surface area contributed by atoms with E-state index in [1.165, 1.54) is 13.0 Å². The van der Waals surface area contributed by atoms with E-state index in [1.54, 1.807) is 12.1 Å². The van der Waals surface area contributed by atoms with Crippen LogP contribution in [0.3, 0.4) is 0 Å². The highest BCUT2D eigenvalue weighted by atomic mass is 19.1. The molecule has 1 aromatic carbocycles. The molecular formula is C13H17FN2O2. The predicted molar refractivity (Wildman–Crippen MR) is 66.9 cm³/mol. The number of nitrogens with one attached hydrogen (secondary N) is 1. The summed E-state index contributed by atoms with van der Waals surface area (Å²) in [6, 6.07) is 4.66. The van der Waals surface area contributed by atoms with Gasteiger partial charge in [-0.15, -0.1) is 0 Å². The quantitative estimate of drug-likeness (QED) is 0.831. The summed E-state index contributed by atoms with van der Waals surface area (Å²) >= 11 is 0. The predicted octanol–water partition coefficient (Wildman–Crippen LogP) is 1.21. The molecule has 0 saturated carbocycles. The second-order valence-electron chi connectivity index (χ2n) is 4.47. The van der Waals surface area contributed by atoms with E-state index in [1.807, 2.05) is 4.90 Å². The Morgan fingerprint density at radius 3 is 3.00 bits per heavy atom. The summed E-state index contributed by atoms with van der Waals surface area (Å²) in [6.07, 6.45) is -0.0888. The maximum absolute atomic E-state index is 13.8. The number of amides is 1. The maximum Gasteiger partial charge on any atom is 0.239 e. The van der Waals surface area contributed by atoms with Gasteiger partial charge in [0.1, 0.15) is 5.82 Å². The van der Waals surface area contributed by atoms with Crippen LogP contribution in [0, 0.1) is 5.82 Å². The van der Waals surface area contributed by atoms with Gasteiger partial charge < -0.3 is 15.3 Å². The molecule has 0 unspecified atom stereocenters. The first-order chi connectivity index (χ1) is 8.59. The van der Waals surface area contributed by atoms with Crippen molar-refractivity contribution in [1.82, 2.24) is 5.32 Å². The van der Waals surface area contributed by atoms with Gasteiger partial charge in [0, 0.05) is 24.3 Å². The minimum absolute atomic E-state index is 0.0756. The molecule has 1 saturated heterocycles. The number of carbonyl (C=O) groups is 1. The van der Waals surface area contributed by atoms with Crippen molar-refractivity contribution in [3.63, 3.8) is 0 Å². The zero-order chi connectivity index (χ0) is 13.1. The van der Waals surface area contributed by atoms with Crippen LogP contribution >= 0.6 is 0 Å². The van der Waals surface area contributed by atoms with Crippen molar-refractivity contribution in [1.29, 1.82) is 0 Å². The summed E-state index contributed by atoms with van der Waals surface area (Å²) in [6.45, 7) is 3.03. The summed E-state index contributed by atoms with van der Waals surface area (Å²) in [7, 11) is 0. The van der Waals surface area contributed by atoms with Crippen molar-refractivity contribution in [3.8, 4) is 0 Å². The fourth-order valence-electron chi connectivity index (χ4n) is 2.23. The highest BCUT2D eigenvalue weighted by molar-refractivity contribution is 5.82. The number of carbonyl (C=O) groups excluding carboxylic acids is 1. The third-order valence-electron chi connectivity index (χ3n) is 3.05. The van der Waals surface area contributed by atoms with Gasteiger partial charge in [-0.2, -0.15) is 0 Å². The Morgan fingerprint density at radius 1 is 1.50 bits per heavy atom. The molecule has 2 N–H and O–H groups in total. The number of halogens is 1. The van der Waals surface area contributed by atoms with Crippen LogP contribution in [0.4, 0.5) is 10.1 Å². The Balaban J connectivity index is 2.37. The average molecular weight is 252 g/mol. The number of rotatable bonds is 2. The maximum atomic E-state index is 13.8. The van der Waals surface area contributed by atoms with Gasteiger partial charge in [-0.05, 0) is 25.5 Å². The third kappa shape index (κ3) is 2.61. The minimum atomic E-state index is -0.896. The van der Waals surface area contributed by atoms with Crippen molar-refractivity contribution in [2.24, 2.45) is 0 Å². The van der Waals surface area contributed by atoms with Crippen molar-refractivity contribution in [2.45, 2.75) is 19.4 Å². The Labute approximate surface area is 105 Å². The van der Waals surface area contributed by atoms with E-state index >= 15 is 0 Å². The summed E-state index contributed by atoms with van der Waals surface area (Å²) in [5, 5.41) is 12.5. The van der Waals surface area contributed by atoms with E-state index in [-0.39, 0.29) is 18.0 Å². The molecule has 18 heavy (non-hydrogen) atoms. The fraction of sp³-hybridized carbons (Fsp3) is 0.462. The van der Waals surface area contributed by atoms with Crippen molar-refractivity contribution < 1.29 is 14.3 Å².